The van der Waals surface area contributed by atoms with Crippen LogP contribution in [0, 0.1) is 10.1 Å². The Hall–Kier alpha value is -3.29. The summed E-state index contributed by atoms with van der Waals surface area (Å²) in [5.74, 6) is 0.308. The summed E-state index contributed by atoms with van der Waals surface area (Å²) in [5, 5.41) is 14.1. The molecule has 0 bridgehead atoms. The molecule has 2 rings (SSSR count). The van der Waals surface area contributed by atoms with Crippen LogP contribution in [0.5, 0.6) is 11.5 Å². The molecule has 0 aromatic heterocycles. The summed E-state index contributed by atoms with van der Waals surface area (Å²) in [6.07, 6.45) is 0. The highest BCUT2D eigenvalue weighted by molar-refractivity contribution is 5.94. The van der Waals surface area contributed by atoms with Crippen LogP contribution in [0.1, 0.15) is 10.4 Å². The predicted molar refractivity (Wildman–Crippen MR) is 84.4 cm³/mol. The van der Waals surface area contributed by atoms with Gasteiger partial charge in [-0.25, -0.2) is 0 Å². The number of ether oxygens (including phenoxy) is 2. The fraction of sp³-hybridized carbons (Fsp3) is 0.133. The number of amides is 1. The van der Waals surface area contributed by atoms with Crippen molar-refractivity contribution in [3.8, 4) is 11.5 Å². The van der Waals surface area contributed by atoms with Crippen LogP contribution < -0.4 is 20.5 Å². The van der Waals surface area contributed by atoms with Gasteiger partial charge < -0.3 is 20.5 Å². The van der Waals surface area contributed by atoms with Crippen LogP contribution in [0.2, 0.25) is 0 Å². The fourth-order valence-electron chi connectivity index (χ4n) is 2.00. The third kappa shape index (κ3) is 3.49. The van der Waals surface area contributed by atoms with E-state index in [4.69, 9.17) is 15.2 Å². The summed E-state index contributed by atoms with van der Waals surface area (Å²) in [7, 11) is 2.99. The number of nitro benzene ring substituents is 1. The van der Waals surface area contributed by atoms with Crippen LogP contribution >= 0.6 is 0 Å². The van der Waals surface area contributed by atoms with Crippen LogP contribution in [0.15, 0.2) is 36.4 Å². The lowest BCUT2D eigenvalue weighted by Crippen LogP contribution is -2.11. The van der Waals surface area contributed by atoms with E-state index in [0.29, 0.717) is 17.2 Å². The topological polar surface area (TPSA) is 117 Å². The smallest absolute Gasteiger partial charge is 0.293 e. The van der Waals surface area contributed by atoms with Crippen molar-refractivity contribution >= 4 is 23.0 Å². The molecule has 0 aliphatic heterocycles. The Bertz CT molecular complexity index is 761. The lowest BCUT2D eigenvalue weighted by Gasteiger charge is -2.13. The number of methoxy groups -OCH3 is 2. The van der Waals surface area contributed by atoms with E-state index in [1.54, 1.807) is 18.2 Å². The Morgan fingerprint density at radius 3 is 2.43 bits per heavy atom. The van der Waals surface area contributed by atoms with Crippen molar-refractivity contribution in [2.75, 3.05) is 19.5 Å². The Kier molecular flexibility index (Phi) is 4.65. The molecule has 3 N–H and O–H groups in total. The summed E-state index contributed by atoms with van der Waals surface area (Å²) in [5.41, 5.74) is 5.62. The second-order valence-electron chi connectivity index (χ2n) is 4.54. The van der Waals surface area contributed by atoms with Gasteiger partial charge in [0.2, 0.25) is 5.91 Å². The molecule has 0 spiro atoms. The van der Waals surface area contributed by atoms with E-state index >= 15 is 0 Å². The highest BCUT2D eigenvalue weighted by Gasteiger charge is 2.18. The van der Waals surface area contributed by atoms with Gasteiger partial charge in [0, 0.05) is 17.7 Å². The van der Waals surface area contributed by atoms with Gasteiger partial charge in [-0.15, -0.1) is 0 Å². The van der Waals surface area contributed by atoms with Crippen LogP contribution in [0.3, 0.4) is 0 Å². The average molecular weight is 317 g/mol. The zero-order chi connectivity index (χ0) is 17.0. The van der Waals surface area contributed by atoms with Crippen LogP contribution in [-0.4, -0.2) is 25.1 Å². The Morgan fingerprint density at radius 1 is 1.13 bits per heavy atom. The molecule has 0 saturated carbocycles. The number of primary amides is 1. The SMILES string of the molecule is COc1ccc(OC)c(Nc2ccc(C(N)=O)cc2[N+](=O)[O-])c1. The zero-order valence-electron chi connectivity index (χ0n) is 12.5. The molecule has 23 heavy (non-hydrogen) atoms. The quantitative estimate of drug-likeness (QED) is 0.624. The minimum absolute atomic E-state index is 0.0554. The molecule has 2 aromatic carbocycles. The van der Waals surface area contributed by atoms with Crippen LogP contribution in [0.4, 0.5) is 17.1 Å². The van der Waals surface area contributed by atoms with Crippen molar-refractivity contribution in [3.63, 3.8) is 0 Å². The third-order valence-corrected chi connectivity index (χ3v) is 3.15. The number of nitro groups is 1. The third-order valence-electron chi connectivity index (χ3n) is 3.15. The Labute approximate surface area is 132 Å². The first-order valence-corrected chi connectivity index (χ1v) is 6.53. The van der Waals surface area contributed by atoms with Gasteiger partial charge in [-0.05, 0) is 24.3 Å². The highest BCUT2D eigenvalue weighted by atomic mass is 16.6. The molecule has 0 unspecified atom stereocenters. The van der Waals surface area contributed by atoms with E-state index in [1.165, 1.54) is 26.4 Å². The number of nitrogens with one attached hydrogen (secondary N) is 1. The van der Waals surface area contributed by atoms with Gasteiger partial charge in [-0.1, -0.05) is 0 Å². The predicted octanol–water partition coefficient (Wildman–Crippen LogP) is 2.45. The molecule has 0 aliphatic rings. The summed E-state index contributed by atoms with van der Waals surface area (Å²) < 4.78 is 10.3. The molecule has 2 aromatic rings. The monoisotopic (exact) mass is 317 g/mol. The van der Waals surface area contributed by atoms with E-state index in [-0.39, 0.29) is 16.9 Å². The molecule has 8 nitrogen and oxygen atoms in total. The number of nitrogens with two attached hydrogens (primary N) is 1. The Balaban J connectivity index is 2.47. The first-order valence-electron chi connectivity index (χ1n) is 6.53. The first kappa shape index (κ1) is 16.1. The number of anilines is 2. The largest absolute Gasteiger partial charge is 0.497 e. The average Bonchev–Trinajstić information content (AvgIpc) is 2.54. The summed E-state index contributed by atoms with van der Waals surface area (Å²) in [6.45, 7) is 0. The highest BCUT2D eigenvalue weighted by Crippen LogP contribution is 2.35. The standard InChI is InChI=1S/C15H15N3O5/c1-22-10-4-6-14(23-2)12(8-10)17-11-5-3-9(15(16)19)7-13(11)18(20)21/h3-8,17H,1-2H3,(H2,16,19). The van der Waals surface area contributed by atoms with Gasteiger partial charge in [0.15, 0.2) is 0 Å². The number of carbonyl (C=O) groups is 1. The number of benzene rings is 2. The van der Waals surface area contributed by atoms with Crippen molar-refractivity contribution in [2.45, 2.75) is 0 Å². The molecule has 120 valence electrons. The lowest BCUT2D eigenvalue weighted by atomic mass is 10.1. The van der Waals surface area contributed by atoms with Gasteiger partial charge in [-0.3, -0.25) is 14.9 Å². The molecular weight excluding hydrogens is 302 g/mol. The van der Waals surface area contributed by atoms with Gasteiger partial charge in [0.05, 0.1) is 24.8 Å². The van der Waals surface area contributed by atoms with Crippen molar-refractivity contribution < 1.29 is 19.2 Å². The van der Waals surface area contributed by atoms with E-state index in [1.807, 2.05) is 0 Å². The van der Waals surface area contributed by atoms with E-state index in [0.717, 1.165) is 6.07 Å². The van der Waals surface area contributed by atoms with Gasteiger partial charge in [0.1, 0.15) is 17.2 Å². The first-order chi connectivity index (χ1) is 11.0. The maximum absolute atomic E-state index is 11.2. The second-order valence-corrected chi connectivity index (χ2v) is 4.54. The molecule has 0 radical (unpaired) electrons. The molecule has 0 saturated heterocycles. The molecule has 1 amide bonds. The van der Waals surface area contributed by atoms with E-state index < -0.39 is 10.8 Å². The number of hydrogen-bond acceptors (Lipinski definition) is 6. The zero-order valence-corrected chi connectivity index (χ0v) is 12.5. The minimum Gasteiger partial charge on any atom is -0.497 e. The number of carbonyl (C=O) groups excluding carboxylic acids is 1. The molecule has 0 heterocycles. The number of rotatable bonds is 6. The van der Waals surface area contributed by atoms with Crippen LogP contribution in [0.25, 0.3) is 0 Å². The number of nitrogens with zero attached hydrogens (tertiary/aromatic N) is 1. The van der Waals surface area contributed by atoms with E-state index in [9.17, 15) is 14.9 Å². The molecular formula is C15H15N3O5. The van der Waals surface area contributed by atoms with Crippen molar-refractivity contribution in [2.24, 2.45) is 5.73 Å². The normalized spacial score (nSPS) is 10.0. The maximum Gasteiger partial charge on any atom is 0.293 e. The van der Waals surface area contributed by atoms with Gasteiger partial charge >= 0.3 is 0 Å². The van der Waals surface area contributed by atoms with E-state index in [2.05, 4.69) is 5.32 Å². The van der Waals surface area contributed by atoms with Gasteiger partial charge in [0.25, 0.3) is 5.69 Å². The molecule has 0 atom stereocenters. The summed E-state index contributed by atoms with van der Waals surface area (Å²) in [4.78, 5) is 21.8. The van der Waals surface area contributed by atoms with Crippen LogP contribution in [-0.2, 0) is 0 Å². The molecule has 0 fully saturated rings. The molecule has 8 heteroatoms. The number of hydrogen-bond donors (Lipinski definition) is 2. The van der Waals surface area contributed by atoms with Crippen molar-refractivity contribution in [1.82, 2.24) is 0 Å². The van der Waals surface area contributed by atoms with Crippen molar-refractivity contribution in [1.29, 1.82) is 0 Å². The van der Waals surface area contributed by atoms with Gasteiger partial charge in [-0.2, -0.15) is 0 Å². The lowest BCUT2D eigenvalue weighted by molar-refractivity contribution is -0.383. The Morgan fingerprint density at radius 2 is 1.87 bits per heavy atom. The summed E-state index contributed by atoms with van der Waals surface area (Å²) in [6, 6.07) is 8.96. The maximum atomic E-state index is 11.2. The fourth-order valence-corrected chi connectivity index (χ4v) is 2.00. The second kappa shape index (κ2) is 6.65. The van der Waals surface area contributed by atoms with Crippen molar-refractivity contribution in [3.05, 3.63) is 52.1 Å². The molecule has 0 aliphatic carbocycles. The minimum atomic E-state index is -0.737. The summed E-state index contributed by atoms with van der Waals surface area (Å²) >= 11 is 0.